The molecule has 0 bridgehead atoms. The predicted molar refractivity (Wildman–Crippen MR) is 114 cm³/mol. The van der Waals surface area contributed by atoms with E-state index in [9.17, 15) is 9.90 Å². The van der Waals surface area contributed by atoms with E-state index < -0.39 is 0 Å². The number of benzene rings is 2. The zero-order valence-electron chi connectivity index (χ0n) is 15.7. The van der Waals surface area contributed by atoms with Gasteiger partial charge in [-0.05, 0) is 43.3 Å². The number of carbonyl (C=O) groups excluding carboxylic acids is 1. The number of nitrogens with one attached hydrogen (secondary N) is 1. The molecule has 0 atom stereocenters. The van der Waals surface area contributed by atoms with E-state index >= 15 is 0 Å². The Balaban J connectivity index is 1.56. The molecule has 0 unspecified atom stereocenters. The molecule has 3 aromatic rings. The van der Waals surface area contributed by atoms with Crippen LogP contribution in [0, 0.1) is 0 Å². The third-order valence-electron chi connectivity index (χ3n) is 4.21. The molecular formula is C20H17N5O3S. The molecular weight excluding hydrogens is 390 g/mol. The van der Waals surface area contributed by atoms with Crippen molar-refractivity contribution in [3.63, 3.8) is 0 Å². The molecule has 0 fully saturated rings. The molecule has 0 aliphatic carbocycles. The number of aromatic nitrogens is 1. The van der Waals surface area contributed by atoms with Crippen LogP contribution in [0.2, 0.25) is 0 Å². The molecule has 146 valence electrons. The number of phenols is 1. The summed E-state index contributed by atoms with van der Waals surface area (Å²) in [6.07, 6.45) is 0. The third-order valence-corrected chi connectivity index (χ3v) is 5.02. The number of carbonyl (C=O) groups is 1. The van der Waals surface area contributed by atoms with Crippen LogP contribution in [-0.4, -0.2) is 34.5 Å². The zero-order valence-corrected chi connectivity index (χ0v) is 16.5. The minimum Gasteiger partial charge on any atom is -0.508 e. The van der Waals surface area contributed by atoms with Crippen molar-refractivity contribution in [2.24, 2.45) is 10.2 Å². The first kappa shape index (κ1) is 18.6. The molecule has 1 aliphatic heterocycles. The van der Waals surface area contributed by atoms with Crippen molar-refractivity contribution in [2.75, 3.05) is 17.5 Å². The number of phenolic OH excluding ortho intramolecular Hbond substituents is 1. The molecule has 29 heavy (non-hydrogen) atoms. The molecule has 0 radical (unpaired) electrons. The van der Waals surface area contributed by atoms with Gasteiger partial charge in [0.2, 0.25) is 5.13 Å². The molecule has 1 amide bonds. The number of nitrogens with zero attached hydrogens (tertiary/aromatic N) is 4. The van der Waals surface area contributed by atoms with Gasteiger partial charge in [-0.15, -0.1) is 11.3 Å². The van der Waals surface area contributed by atoms with Crippen molar-refractivity contribution in [3.8, 4) is 22.8 Å². The second-order valence-electron chi connectivity index (χ2n) is 6.14. The minimum absolute atomic E-state index is 0.152. The van der Waals surface area contributed by atoms with Crippen LogP contribution in [0.5, 0.6) is 11.5 Å². The molecule has 8 nitrogen and oxygen atoms in total. The molecule has 2 N–H and O–H groups in total. The van der Waals surface area contributed by atoms with Crippen LogP contribution in [-0.2, 0) is 4.79 Å². The van der Waals surface area contributed by atoms with Crippen LogP contribution in [0.3, 0.4) is 0 Å². The van der Waals surface area contributed by atoms with Gasteiger partial charge in [-0.2, -0.15) is 15.2 Å². The maximum Gasteiger partial charge on any atom is 0.303 e. The summed E-state index contributed by atoms with van der Waals surface area (Å²) >= 11 is 1.31. The largest absolute Gasteiger partial charge is 0.508 e. The molecule has 0 saturated carbocycles. The van der Waals surface area contributed by atoms with E-state index in [-0.39, 0.29) is 17.4 Å². The van der Waals surface area contributed by atoms with E-state index in [1.165, 1.54) is 28.5 Å². The van der Waals surface area contributed by atoms with Gasteiger partial charge in [0.15, 0.2) is 5.71 Å². The van der Waals surface area contributed by atoms with E-state index in [2.05, 4.69) is 20.6 Å². The minimum atomic E-state index is -0.366. The fraction of sp³-hybridized carbons (Fsp3) is 0.100. The Labute approximate surface area is 170 Å². The second kappa shape index (κ2) is 7.72. The number of rotatable bonds is 5. The molecule has 9 heteroatoms. The first-order valence-electron chi connectivity index (χ1n) is 8.68. The van der Waals surface area contributed by atoms with Gasteiger partial charge in [0.05, 0.1) is 24.2 Å². The van der Waals surface area contributed by atoms with Gasteiger partial charge < -0.3 is 9.84 Å². The Morgan fingerprint density at radius 1 is 1.17 bits per heavy atom. The SMILES string of the molecule is COc1ccccc1-c1csc(N2N=C(C)C(=NNc3ccc(O)cc3)C2=O)n1. The lowest BCUT2D eigenvalue weighted by atomic mass is 10.1. The van der Waals surface area contributed by atoms with Crippen molar-refractivity contribution in [2.45, 2.75) is 6.92 Å². The van der Waals surface area contributed by atoms with Gasteiger partial charge in [-0.3, -0.25) is 10.2 Å². The van der Waals surface area contributed by atoms with Crippen molar-refractivity contribution in [1.29, 1.82) is 0 Å². The lowest BCUT2D eigenvalue weighted by molar-refractivity contribution is -0.112. The molecule has 4 rings (SSSR count). The molecule has 1 aliphatic rings. The maximum atomic E-state index is 12.8. The Morgan fingerprint density at radius 3 is 2.69 bits per heavy atom. The number of amides is 1. The number of anilines is 2. The normalized spacial score (nSPS) is 15.0. The van der Waals surface area contributed by atoms with E-state index in [4.69, 9.17) is 4.74 Å². The highest BCUT2D eigenvalue weighted by Gasteiger charge is 2.32. The first-order chi connectivity index (χ1) is 14.1. The highest BCUT2D eigenvalue weighted by molar-refractivity contribution is 7.14. The van der Waals surface area contributed by atoms with Gasteiger partial charge in [-0.25, -0.2) is 4.98 Å². The smallest absolute Gasteiger partial charge is 0.303 e. The Kier molecular flexibility index (Phi) is 4.96. The quantitative estimate of drug-likeness (QED) is 0.496. The summed E-state index contributed by atoms with van der Waals surface area (Å²) in [5.41, 5.74) is 5.68. The second-order valence-corrected chi connectivity index (χ2v) is 6.97. The number of hydrazone groups is 2. The van der Waals surface area contributed by atoms with Crippen molar-refractivity contribution < 1.29 is 14.6 Å². The number of hydrogen-bond acceptors (Lipinski definition) is 8. The summed E-state index contributed by atoms with van der Waals surface area (Å²) in [7, 11) is 1.60. The van der Waals surface area contributed by atoms with E-state index in [1.54, 1.807) is 26.2 Å². The van der Waals surface area contributed by atoms with Gasteiger partial charge in [0, 0.05) is 10.9 Å². The summed E-state index contributed by atoms with van der Waals surface area (Å²) in [5.74, 6) is 0.491. The van der Waals surface area contributed by atoms with Gasteiger partial charge in [0.25, 0.3) is 0 Å². The molecule has 2 aromatic carbocycles. The fourth-order valence-electron chi connectivity index (χ4n) is 2.75. The number of aromatic hydroxyl groups is 1. The van der Waals surface area contributed by atoms with Crippen molar-refractivity contribution in [1.82, 2.24) is 4.98 Å². The lowest BCUT2D eigenvalue weighted by Gasteiger charge is -2.07. The van der Waals surface area contributed by atoms with Crippen LogP contribution >= 0.6 is 11.3 Å². The molecule has 0 spiro atoms. The molecule has 1 aromatic heterocycles. The number of hydrogen-bond donors (Lipinski definition) is 2. The maximum absolute atomic E-state index is 12.8. The summed E-state index contributed by atoms with van der Waals surface area (Å²) in [4.78, 5) is 17.4. The number of methoxy groups -OCH3 is 1. The van der Waals surface area contributed by atoms with E-state index in [0.29, 0.717) is 28.0 Å². The number of para-hydroxylation sites is 1. The third kappa shape index (κ3) is 3.67. The highest BCUT2D eigenvalue weighted by atomic mass is 32.1. The van der Waals surface area contributed by atoms with Gasteiger partial charge >= 0.3 is 5.91 Å². The van der Waals surface area contributed by atoms with E-state index in [1.807, 2.05) is 29.6 Å². The fourth-order valence-corrected chi connectivity index (χ4v) is 3.53. The average Bonchev–Trinajstić information content (AvgIpc) is 3.32. The van der Waals surface area contributed by atoms with E-state index in [0.717, 1.165) is 5.56 Å². The van der Waals surface area contributed by atoms with Crippen molar-refractivity contribution in [3.05, 3.63) is 53.9 Å². The summed E-state index contributed by atoms with van der Waals surface area (Å²) in [6, 6.07) is 13.9. The first-order valence-corrected chi connectivity index (χ1v) is 9.56. The zero-order chi connectivity index (χ0) is 20.4. The lowest BCUT2D eigenvalue weighted by Crippen LogP contribution is -2.27. The number of ether oxygens (including phenoxy) is 1. The Bertz CT molecular complexity index is 1120. The van der Waals surface area contributed by atoms with Gasteiger partial charge in [0.1, 0.15) is 11.5 Å². The topological polar surface area (TPSA) is 99.4 Å². The molecule has 2 heterocycles. The van der Waals surface area contributed by atoms with Crippen LogP contribution in [0.25, 0.3) is 11.3 Å². The Morgan fingerprint density at radius 2 is 1.93 bits per heavy atom. The van der Waals surface area contributed by atoms with Crippen LogP contribution in [0.1, 0.15) is 6.92 Å². The van der Waals surface area contributed by atoms with Crippen LogP contribution < -0.4 is 15.2 Å². The van der Waals surface area contributed by atoms with Crippen molar-refractivity contribution >= 4 is 39.5 Å². The summed E-state index contributed by atoms with van der Waals surface area (Å²) < 4.78 is 5.38. The van der Waals surface area contributed by atoms with Gasteiger partial charge in [-0.1, -0.05) is 12.1 Å². The predicted octanol–water partition coefficient (Wildman–Crippen LogP) is 3.71. The molecule has 0 saturated heterocycles. The standard InChI is InChI=1S/C20H17N5O3S/c1-12-18(23-22-13-7-9-14(26)10-8-13)19(27)25(24-12)20-21-16(11-29-20)15-5-3-4-6-17(15)28-2/h3-11,22,26H,1-2H3. The highest BCUT2D eigenvalue weighted by Crippen LogP contribution is 2.34. The van der Waals surface area contributed by atoms with Crippen LogP contribution in [0.15, 0.2) is 64.1 Å². The Hall–Kier alpha value is -3.72. The van der Waals surface area contributed by atoms with Crippen LogP contribution in [0.4, 0.5) is 10.8 Å². The average molecular weight is 407 g/mol. The summed E-state index contributed by atoms with van der Waals surface area (Å²) in [6.45, 7) is 1.71. The monoisotopic (exact) mass is 407 g/mol. The summed E-state index contributed by atoms with van der Waals surface area (Å²) in [5, 5.41) is 21.4. The number of thiazole rings is 1.